The summed E-state index contributed by atoms with van der Waals surface area (Å²) >= 11 is 0. The van der Waals surface area contributed by atoms with Gasteiger partial charge in [-0.1, -0.05) is 36.4 Å². The van der Waals surface area contributed by atoms with E-state index in [1.165, 1.54) is 0 Å². The van der Waals surface area contributed by atoms with Gasteiger partial charge < -0.3 is 9.79 Å². The van der Waals surface area contributed by atoms with Crippen molar-refractivity contribution in [3.63, 3.8) is 0 Å². The van der Waals surface area contributed by atoms with E-state index in [9.17, 15) is 4.57 Å². The van der Waals surface area contributed by atoms with Gasteiger partial charge in [-0.3, -0.25) is 4.57 Å². The fourth-order valence-electron chi connectivity index (χ4n) is 1.13. The molecule has 0 amide bonds. The zero-order valence-electron chi connectivity index (χ0n) is 7.97. The zero-order chi connectivity index (χ0) is 10.8. The highest BCUT2D eigenvalue weighted by Crippen LogP contribution is 2.38. The summed E-state index contributed by atoms with van der Waals surface area (Å²) in [5.41, 5.74) is 2.57. The van der Waals surface area contributed by atoms with Crippen molar-refractivity contribution in [1.29, 1.82) is 0 Å². The predicted molar refractivity (Wildman–Crippen MR) is 56.9 cm³/mol. The van der Waals surface area contributed by atoms with Crippen molar-refractivity contribution in [2.75, 3.05) is 0 Å². The van der Waals surface area contributed by atoms with Gasteiger partial charge in [-0.15, -0.1) is 0 Å². The van der Waals surface area contributed by atoms with Gasteiger partial charge in [-0.25, -0.2) is 0 Å². The Morgan fingerprint density at radius 2 is 1.86 bits per heavy atom. The van der Waals surface area contributed by atoms with Crippen LogP contribution in [-0.2, 0) is 10.7 Å². The third-order valence-corrected chi connectivity index (χ3v) is 2.61. The summed E-state index contributed by atoms with van der Waals surface area (Å²) in [4.78, 5) is 17.5. The average molecular weight is 212 g/mol. The zero-order valence-corrected chi connectivity index (χ0v) is 8.87. The highest BCUT2D eigenvalue weighted by Gasteiger charge is 2.13. The summed E-state index contributed by atoms with van der Waals surface area (Å²) in [5, 5.41) is 0. The van der Waals surface area contributed by atoms with Crippen LogP contribution in [0.15, 0.2) is 30.8 Å². The monoisotopic (exact) mass is 212 g/mol. The summed E-state index contributed by atoms with van der Waals surface area (Å²) in [7, 11) is -3.95. The van der Waals surface area contributed by atoms with Gasteiger partial charge in [-0.05, 0) is 18.1 Å². The van der Waals surface area contributed by atoms with Gasteiger partial charge in [0.15, 0.2) is 0 Å². The second kappa shape index (κ2) is 4.09. The molecule has 0 aliphatic carbocycles. The van der Waals surface area contributed by atoms with E-state index in [4.69, 9.17) is 9.79 Å². The third-order valence-electron chi connectivity index (χ3n) is 1.84. The number of benzene rings is 1. The Labute approximate surface area is 83.3 Å². The fourth-order valence-corrected chi connectivity index (χ4v) is 1.82. The summed E-state index contributed by atoms with van der Waals surface area (Å²) in [6.45, 7) is 5.66. The van der Waals surface area contributed by atoms with E-state index in [1.807, 2.05) is 19.1 Å². The Morgan fingerprint density at radius 1 is 1.36 bits per heavy atom. The van der Waals surface area contributed by atoms with E-state index < -0.39 is 7.60 Å². The van der Waals surface area contributed by atoms with Crippen LogP contribution in [0.4, 0.5) is 0 Å². The van der Waals surface area contributed by atoms with Crippen molar-refractivity contribution in [3.8, 4) is 0 Å². The molecule has 0 aliphatic heterocycles. The molecule has 3 nitrogen and oxygen atoms in total. The molecule has 0 spiro atoms. The van der Waals surface area contributed by atoms with Gasteiger partial charge in [0.1, 0.15) is 0 Å². The fraction of sp³-hybridized carbons (Fsp3) is 0.200. The molecule has 0 radical (unpaired) electrons. The van der Waals surface area contributed by atoms with E-state index >= 15 is 0 Å². The average Bonchev–Trinajstić information content (AvgIpc) is 2.02. The molecule has 0 atom stereocenters. The van der Waals surface area contributed by atoms with Gasteiger partial charge in [0.05, 0.1) is 6.16 Å². The lowest BCUT2D eigenvalue weighted by Crippen LogP contribution is -1.87. The minimum atomic E-state index is -3.95. The highest BCUT2D eigenvalue weighted by molar-refractivity contribution is 7.50. The lowest BCUT2D eigenvalue weighted by atomic mass is 10.1. The first-order chi connectivity index (χ1) is 6.38. The molecule has 0 saturated heterocycles. The maximum atomic E-state index is 10.7. The molecule has 0 fully saturated rings. The van der Waals surface area contributed by atoms with Crippen LogP contribution in [0.1, 0.15) is 18.1 Å². The number of rotatable bonds is 3. The highest BCUT2D eigenvalue weighted by atomic mass is 31.2. The Balaban J connectivity index is 2.84. The van der Waals surface area contributed by atoms with Crippen LogP contribution in [0.5, 0.6) is 0 Å². The SMILES string of the molecule is C=C(C)c1ccc(CP(=O)(O)O)cc1. The Hall–Kier alpha value is -0.890. The molecule has 0 bridgehead atoms. The largest absolute Gasteiger partial charge is 0.329 e. The van der Waals surface area contributed by atoms with Crippen LogP contribution in [0.3, 0.4) is 0 Å². The van der Waals surface area contributed by atoms with Gasteiger partial charge in [0, 0.05) is 0 Å². The van der Waals surface area contributed by atoms with E-state index in [-0.39, 0.29) is 6.16 Å². The maximum Gasteiger partial charge on any atom is 0.329 e. The molecular formula is C10H13O3P. The van der Waals surface area contributed by atoms with E-state index in [2.05, 4.69) is 6.58 Å². The van der Waals surface area contributed by atoms with Crippen LogP contribution in [0.2, 0.25) is 0 Å². The van der Waals surface area contributed by atoms with Crippen molar-refractivity contribution < 1.29 is 14.4 Å². The van der Waals surface area contributed by atoms with Crippen molar-refractivity contribution >= 4 is 13.2 Å². The van der Waals surface area contributed by atoms with Crippen LogP contribution in [0.25, 0.3) is 5.57 Å². The first kappa shape index (κ1) is 11.2. The minimum absolute atomic E-state index is 0.205. The molecule has 1 aromatic carbocycles. The maximum absolute atomic E-state index is 10.7. The Morgan fingerprint density at radius 3 is 2.21 bits per heavy atom. The molecule has 0 aromatic heterocycles. The summed E-state index contributed by atoms with van der Waals surface area (Å²) in [6, 6.07) is 7.05. The van der Waals surface area contributed by atoms with Crippen LogP contribution in [0, 0.1) is 0 Å². The molecule has 76 valence electrons. The number of allylic oxidation sites excluding steroid dienone is 1. The summed E-state index contributed by atoms with van der Waals surface area (Å²) < 4.78 is 10.7. The van der Waals surface area contributed by atoms with Crippen LogP contribution in [-0.4, -0.2) is 9.79 Å². The van der Waals surface area contributed by atoms with Crippen molar-refractivity contribution in [3.05, 3.63) is 42.0 Å². The smallest absolute Gasteiger partial charge is 0.324 e. The quantitative estimate of drug-likeness (QED) is 0.756. The molecule has 0 heterocycles. The molecule has 0 unspecified atom stereocenters. The van der Waals surface area contributed by atoms with Gasteiger partial charge in [0.25, 0.3) is 0 Å². The van der Waals surface area contributed by atoms with Crippen molar-refractivity contribution in [2.24, 2.45) is 0 Å². The molecule has 1 aromatic rings. The first-order valence-corrected chi connectivity index (χ1v) is 5.97. The molecular weight excluding hydrogens is 199 g/mol. The first-order valence-electron chi connectivity index (χ1n) is 4.18. The van der Waals surface area contributed by atoms with E-state index in [1.54, 1.807) is 12.1 Å². The third kappa shape index (κ3) is 3.46. The van der Waals surface area contributed by atoms with Gasteiger partial charge in [-0.2, -0.15) is 0 Å². The second-order valence-corrected chi connectivity index (χ2v) is 4.95. The van der Waals surface area contributed by atoms with Gasteiger partial charge >= 0.3 is 7.60 Å². The van der Waals surface area contributed by atoms with Crippen molar-refractivity contribution in [1.82, 2.24) is 0 Å². The van der Waals surface area contributed by atoms with Crippen LogP contribution >= 0.6 is 7.60 Å². The molecule has 2 N–H and O–H groups in total. The Kier molecular flexibility index (Phi) is 3.27. The van der Waals surface area contributed by atoms with Gasteiger partial charge in [0.2, 0.25) is 0 Å². The summed E-state index contributed by atoms with van der Waals surface area (Å²) in [6.07, 6.45) is -0.205. The topological polar surface area (TPSA) is 57.5 Å². The normalized spacial score (nSPS) is 11.4. The number of hydrogen-bond donors (Lipinski definition) is 2. The lowest BCUT2D eigenvalue weighted by Gasteiger charge is -2.05. The second-order valence-electron chi connectivity index (χ2n) is 3.30. The molecule has 0 saturated carbocycles. The summed E-state index contributed by atoms with van der Waals surface area (Å²) in [5.74, 6) is 0. The Bertz CT molecular complexity index is 375. The molecule has 14 heavy (non-hydrogen) atoms. The lowest BCUT2D eigenvalue weighted by molar-refractivity contribution is 0.371. The standard InChI is InChI=1S/C10H13O3P/c1-8(2)10-5-3-9(4-6-10)7-14(11,12)13/h3-6H,1,7H2,2H3,(H2,11,12,13). The minimum Gasteiger partial charge on any atom is -0.324 e. The van der Waals surface area contributed by atoms with Crippen molar-refractivity contribution in [2.45, 2.75) is 13.1 Å². The number of hydrogen-bond acceptors (Lipinski definition) is 1. The van der Waals surface area contributed by atoms with E-state index in [0.717, 1.165) is 11.1 Å². The van der Waals surface area contributed by atoms with E-state index in [0.29, 0.717) is 5.56 Å². The van der Waals surface area contributed by atoms with Crippen LogP contribution < -0.4 is 0 Å². The molecule has 0 aliphatic rings. The molecule has 4 heteroatoms. The predicted octanol–water partition coefficient (Wildman–Crippen LogP) is 2.40. The molecule has 1 rings (SSSR count).